The van der Waals surface area contributed by atoms with Crippen molar-refractivity contribution in [3.05, 3.63) is 137 Å². The number of thioether (sulfide) groups is 2. The molecule has 0 atom stereocenters. The predicted molar refractivity (Wildman–Crippen MR) is 243 cm³/mol. The van der Waals surface area contributed by atoms with Crippen LogP contribution in [-0.4, -0.2) is 105 Å². The van der Waals surface area contributed by atoms with Gasteiger partial charge >= 0.3 is 35.8 Å². The van der Waals surface area contributed by atoms with Gasteiger partial charge in [0.1, 0.15) is 37.6 Å². The van der Waals surface area contributed by atoms with Gasteiger partial charge in [0.25, 0.3) is 22.9 Å². The van der Waals surface area contributed by atoms with E-state index in [1.807, 2.05) is 10.6 Å². The molecule has 2 aromatic carbocycles. The van der Waals surface area contributed by atoms with Gasteiger partial charge in [-0.1, -0.05) is 73.5 Å². The number of aryl methyl sites for hydroxylation is 2. The first-order valence-corrected chi connectivity index (χ1v) is 22.9. The first-order chi connectivity index (χ1) is 31.9. The van der Waals surface area contributed by atoms with Crippen molar-refractivity contribution >= 4 is 59.7 Å². The lowest BCUT2D eigenvalue weighted by molar-refractivity contribution is 0.0896. The summed E-state index contributed by atoms with van der Waals surface area (Å²) in [6, 6.07) is 17.6. The number of alkyl carbamates (subject to hydrolysis) is 4. The van der Waals surface area contributed by atoms with Gasteiger partial charge in [0.15, 0.2) is 0 Å². The quantitative estimate of drug-likeness (QED) is 0.0411. The largest absolute Gasteiger partial charge is 0.449 e. The Bertz CT molecular complexity index is 2310. The third-order valence-corrected chi connectivity index (χ3v) is 10.7. The molecule has 2 heterocycles. The van der Waals surface area contributed by atoms with E-state index >= 15 is 0 Å². The number of rotatable bonds is 25. The topological polar surface area (TPSA) is 297 Å². The number of aromatic nitrogens is 4. The Kier molecular flexibility index (Phi) is 22.4. The van der Waals surface area contributed by atoms with E-state index < -0.39 is 69.8 Å². The third kappa shape index (κ3) is 19.3. The number of nitrogens with zero attached hydrogens (tertiary/aromatic N) is 2. The van der Waals surface area contributed by atoms with E-state index in [9.17, 15) is 47.9 Å². The van der Waals surface area contributed by atoms with Gasteiger partial charge in [0, 0.05) is 61.6 Å². The molecule has 0 radical (unpaired) electrons. The monoisotopic (exact) mass is 954 g/mol. The lowest BCUT2D eigenvalue weighted by Gasteiger charge is -2.09. The molecule has 0 saturated heterocycles. The van der Waals surface area contributed by atoms with E-state index in [0.29, 0.717) is 60.1 Å². The molecule has 0 aliphatic rings. The Morgan fingerprint density at radius 3 is 1.29 bits per heavy atom. The molecule has 66 heavy (non-hydrogen) atoms. The highest BCUT2D eigenvalue weighted by molar-refractivity contribution is 7.99. The summed E-state index contributed by atoms with van der Waals surface area (Å²) in [7, 11) is 0. The number of hydrogen-bond acceptors (Lipinski definition) is 16. The number of unbranched alkanes of at least 4 members (excludes halogenated alkanes) is 3. The van der Waals surface area contributed by atoms with Crippen LogP contribution in [-0.2, 0) is 45.3 Å². The minimum Gasteiger partial charge on any atom is -0.449 e. The number of benzene rings is 2. The number of hydrogen-bond donors (Lipinski definition) is 6. The highest BCUT2D eigenvalue weighted by atomic mass is 32.2. The fourth-order valence-electron chi connectivity index (χ4n) is 5.52. The average molecular weight is 955 g/mol. The fourth-order valence-corrected chi connectivity index (χ4v) is 6.98. The second-order valence-corrected chi connectivity index (χ2v) is 16.2. The molecular formula is C42H50N8O14S2. The summed E-state index contributed by atoms with van der Waals surface area (Å²) in [4.78, 5) is 126. The van der Waals surface area contributed by atoms with Crippen LogP contribution in [0.15, 0.2) is 92.2 Å². The second-order valence-electron chi connectivity index (χ2n) is 13.8. The molecule has 0 spiro atoms. The maximum atomic E-state index is 12.5. The van der Waals surface area contributed by atoms with Gasteiger partial charge in [-0.25, -0.2) is 28.8 Å². The van der Waals surface area contributed by atoms with Crippen LogP contribution in [0.2, 0.25) is 0 Å². The smallest absolute Gasteiger partial charge is 0.414 e. The molecule has 354 valence electrons. The van der Waals surface area contributed by atoms with Gasteiger partial charge in [-0.15, -0.1) is 0 Å². The van der Waals surface area contributed by atoms with E-state index in [4.69, 9.17) is 18.9 Å². The van der Waals surface area contributed by atoms with Crippen molar-refractivity contribution in [3.63, 3.8) is 0 Å². The molecule has 0 bridgehead atoms. The molecule has 0 aliphatic carbocycles. The number of amides is 6. The van der Waals surface area contributed by atoms with Gasteiger partial charge in [-0.3, -0.25) is 48.9 Å². The molecule has 24 heteroatoms. The number of nitrogens with one attached hydrogen (secondary N) is 6. The Labute approximate surface area is 384 Å². The molecule has 4 aromatic rings. The normalized spacial score (nSPS) is 10.6. The third-order valence-electron chi connectivity index (χ3n) is 8.88. The Hall–Kier alpha value is -7.08. The summed E-state index contributed by atoms with van der Waals surface area (Å²) >= 11 is 2.75. The van der Waals surface area contributed by atoms with Crippen molar-refractivity contribution < 1.29 is 47.7 Å². The van der Waals surface area contributed by atoms with Crippen molar-refractivity contribution in [2.45, 2.75) is 52.0 Å². The van der Waals surface area contributed by atoms with E-state index in [1.54, 1.807) is 60.7 Å². The van der Waals surface area contributed by atoms with Gasteiger partial charge in [0.05, 0.1) is 0 Å². The average Bonchev–Trinajstić information content (AvgIpc) is 3.29. The zero-order valence-electron chi connectivity index (χ0n) is 35.7. The van der Waals surface area contributed by atoms with Crippen molar-refractivity contribution in [2.75, 3.05) is 49.3 Å². The highest BCUT2D eigenvalue weighted by Gasteiger charge is 2.19. The van der Waals surface area contributed by atoms with Crippen LogP contribution in [0.5, 0.6) is 0 Å². The van der Waals surface area contributed by atoms with Crippen LogP contribution >= 0.6 is 23.5 Å². The van der Waals surface area contributed by atoms with Gasteiger partial charge in [0.2, 0.25) is 0 Å². The Morgan fingerprint density at radius 1 is 0.500 bits per heavy atom. The lowest BCUT2D eigenvalue weighted by atomic mass is 10.2. The Balaban J connectivity index is 0.961. The van der Waals surface area contributed by atoms with Gasteiger partial charge < -0.3 is 29.6 Å². The zero-order chi connectivity index (χ0) is 47.5. The van der Waals surface area contributed by atoms with Gasteiger partial charge in [-0.2, -0.15) is 23.5 Å². The van der Waals surface area contributed by atoms with Crippen LogP contribution in [0, 0.1) is 0 Å². The summed E-state index contributed by atoms with van der Waals surface area (Å²) in [6.07, 6.45) is 1.85. The van der Waals surface area contributed by atoms with Crippen molar-refractivity contribution in [2.24, 2.45) is 0 Å². The van der Waals surface area contributed by atoms with E-state index in [-0.39, 0.29) is 39.5 Å². The number of H-pyrrole nitrogens is 2. The summed E-state index contributed by atoms with van der Waals surface area (Å²) in [5, 5.41) is 9.27. The molecule has 0 unspecified atom stereocenters. The number of ether oxygens (including phenoxy) is 4. The van der Waals surface area contributed by atoms with Crippen molar-refractivity contribution in [1.29, 1.82) is 0 Å². The summed E-state index contributed by atoms with van der Waals surface area (Å²) < 4.78 is 22.6. The van der Waals surface area contributed by atoms with Crippen LogP contribution < -0.4 is 43.8 Å². The summed E-state index contributed by atoms with van der Waals surface area (Å²) in [6.45, 7) is 1.09. The minimum atomic E-state index is -1.05. The molecular weight excluding hydrogens is 905 g/mol. The number of aromatic amines is 2. The summed E-state index contributed by atoms with van der Waals surface area (Å²) in [5.74, 6) is -0.433. The van der Waals surface area contributed by atoms with E-state index in [1.165, 1.54) is 23.5 Å². The number of carbonyl (C=O) groups excluding carboxylic acids is 6. The lowest BCUT2D eigenvalue weighted by Crippen LogP contribution is -2.39. The molecule has 4 rings (SSSR count). The SMILES string of the molecule is O=C(NCCCCCCNC(=O)OCCSCCn1cc(C(=O)NC(=O)OCc2ccccc2)c(=O)[nH]c1=O)OCCSCCn1cc(C(=O)NC(=O)OCc2ccccc2)c(=O)[nH]c1=O. The van der Waals surface area contributed by atoms with E-state index in [2.05, 4.69) is 20.6 Å². The van der Waals surface area contributed by atoms with E-state index in [0.717, 1.165) is 34.4 Å². The maximum absolute atomic E-state index is 12.5. The highest BCUT2D eigenvalue weighted by Crippen LogP contribution is 2.05. The number of imide groups is 2. The standard InChI is InChI=1S/C42H50N8O14S2/c51-33-31(35(53)47-41(59)63-27-29-11-5-3-6-12-29)25-49(37(55)45-33)17-21-65-23-19-61-39(57)43-15-9-1-2-10-16-44-40(58)62-20-24-66-22-18-50-26-32(34(52)46-38(50)56)36(54)48-42(60)64-28-30-13-7-4-8-14-30/h3-8,11-14,25-26H,1-2,9-10,15-24,27-28H2,(H,43,57)(H,44,58)(H,45,51,55)(H,46,52,56)(H,47,53,59)(H,48,54,60). The number of carbonyl (C=O) groups is 6. The molecule has 0 aliphatic heterocycles. The van der Waals surface area contributed by atoms with Gasteiger partial charge in [-0.05, 0) is 24.0 Å². The van der Waals surface area contributed by atoms with Crippen molar-refractivity contribution in [3.8, 4) is 0 Å². The fraction of sp³-hybridized carbons (Fsp3) is 0.381. The molecule has 0 saturated carbocycles. The molecule has 6 N–H and O–H groups in total. The summed E-state index contributed by atoms with van der Waals surface area (Å²) in [5.41, 5.74) is -2.85. The van der Waals surface area contributed by atoms with Crippen molar-refractivity contribution in [1.82, 2.24) is 40.4 Å². The zero-order valence-corrected chi connectivity index (χ0v) is 37.3. The maximum Gasteiger partial charge on any atom is 0.414 e. The molecule has 6 amide bonds. The molecule has 0 fully saturated rings. The molecule has 22 nitrogen and oxygen atoms in total. The van der Waals surface area contributed by atoms with Crippen LogP contribution in [0.3, 0.4) is 0 Å². The van der Waals surface area contributed by atoms with Crippen LogP contribution in [0.4, 0.5) is 19.2 Å². The Morgan fingerprint density at radius 2 is 0.894 bits per heavy atom. The predicted octanol–water partition coefficient (Wildman–Crippen LogP) is 2.70. The second kappa shape index (κ2) is 28.7. The minimum absolute atomic E-state index is 0.0825. The van der Waals surface area contributed by atoms with Crippen LogP contribution in [0.25, 0.3) is 0 Å². The first-order valence-electron chi connectivity index (χ1n) is 20.6. The first kappa shape index (κ1) is 51.6. The van der Waals surface area contributed by atoms with Crippen LogP contribution in [0.1, 0.15) is 57.5 Å². The molecule has 2 aromatic heterocycles.